The van der Waals surface area contributed by atoms with Crippen molar-refractivity contribution in [1.82, 2.24) is 14.3 Å². The number of nitrogens with one attached hydrogen (secondary N) is 1. The zero-order valence-electron chi connectivity index (χ0n) is 11.2. The number of hydrogen-bond acceptors (Lipinski definition) is 5. The molecule has 3 N–H and O–H groups in total. The van der Waals surface area contributed by atoms with Gasteiger partial charge in [0.15, 0.2) is 0 Å². The maximum atomic E-state index is 12.2. The summed E-state index contributed by atoms with van der Waals surface area (Å²) in [7, 11) is -3.53. The van der Waals surface area contributed by atoms with Crippen LogP contribution in [0.15, 0.2) is 28.7 Å². The van der Waals surface area contributed by atoms with Gasteiger partial charge in [-0.2, -0.15) is 0 Å². The number of sulfonamides is 1. The Labute approximate surface area is 122 Å². The van der Waals surface area contributed by atoms with Gasteiger partial charge in [0.05, 0.1) is 11.4 Å². The summed E-state index contributed by atoms with van der Waals surface area (Å²) in [4.78, 5) is 4.30. The van der Waals surface area contributed by atoms with Crippen LogP contribution in [0.3, 0.4) is 0 Å². The number of nitrogens with zero attached hydrogens (tertiary/aromatic N) is 2. The number of rotatable bonds is 7. The molecule has 0 aliphatic heterocycles. The molecule has 0 saturated carbocycles. The molecule has 8 heteroatoms. The Hall–Kier alpha value is -1.22. The third kappa shape index (κ3) is 3.45. The van der Waals surface area contributed by atoms with Crippen molar-refractivity contribution in [1.29, 1.82) is 0 Å². The molecule has 0 aliphatic carbocycles. The molecule has 2 aromatic rings. The highest BCUT2D eigenvalue weighted by atomic mass is 32.2. The van der Waals surface area contributed by atoms with Gasteiger partial charge in [-0.1, -0.05) is 6.92 Å². The molecule has 0 unspecified atom stereocenters. The van der Waals surface area contributed by atoms with Crippen molar-refractivity contribution in [2.45, 2.75) is 37.9 Å². The zero-order chi connectivity index (χ0) is 14.6. The maximum absolute atomic E-state index is 12.2. The average molecular weight is 314 g/mol. The summed E-state index contributed by atoms with van der Waals surface area (Å²) in [5, 5.41) is 2.55. The Morgan fingerprint density at radius 3 is 2.90 bits per heavy atom. The second-order valence-corrected chi connectivity index (χ2v) is 7.06. The first-order chi connectivity index (χ1) is 9.56. The first-order valence-electron chi connectivity index (χ1n) is 6.34. The minimum absolute atomic E-state index is 0.205. The van der Waals surface area contributed by atoms with Gasteiger partial charge >= 0.3 is 0 Å². The number of nitrogens with two attached hydrogens (primary N) is 1. The molecular formula is C12H18N4O2S2. The summed E-state index contributed by atoms with van der Waals surface area (Å²) in [6.07, 6.45) is 4.21. The van der Waals surface area contributed by atoms with Crippen molar-refractivity contribution in [2.75, 3.05) is 0 Å². The Bertz CT molecular complexity index is 647. The molecule has 0 spiro atoms. The minimum Gasteiger partial charge on any atom is -0.349 e. The van der Waals surface area contributed by atoms with Crippen LogP contribution in [0.5, 0.6) is 0 Å². The number of aryl methyl sites for hydroxylation is 1. The molecule has 110 valence electrons. The van der Waals surface area contributed by atoms with E-state index in [0.717, 1.165) is 23.7 Å². The first-order valence-corrected chi connectivity index (χ1v) is 8.70. The highest BCUT2D eigenvalue weighted by molar-refractivity contribution is 7.89. The quantitative estimate of drug-likeness (QED) is 0.806. The second kappa shape index (κ2) is 6.49. The smallest absolute Gasteiger partial charge is 0.242 e. The van der Waals surface area contributed by atoms with Gasteiger partial charge < -0.3 is 10.3 Å². The third-order valence-corrected chi connectivity index (χ3v) is 4.99. The van der Waals surface area contributed by atoms with E-state index in [2.05, 4.69) is 9.71 Å². The van der Waals surface area contributed by atoms with Crippen LogP contribution in [0.1, 0.15) is 24.0 Å². The molecule has 0 aromatic carbocycles. The number of thiazole rings is 1. The van der Waals surface area contributed by atoms with Gasteiger partial charge in [0.1, 0.15) is 5.01 Å². The zero-order valence-corrected chi connectivity index (χ0v) is 12.9. The number of aromatic nitrogens is 2. The lowest BCUT2D eigenvalue weighted by atomic mass is 10.4. The van der Waals surface area contributed by atoms with Crippen LogP contribution in [-0.2, 0) is 29.7 Å². The fourth-order valence-electron chi connectivity index (χ4n) is 1.87. The van der Waals surface area contributed by atoms with E-state index in [9.17, 15) is 8.42 Å². The van der Waals surface area contributed by atoms with Crippen molar-refractivity contribution in [2.24, 2.45) is 5.73 Å². The molecule has 20 heavy (non-hydrogen) atoms. The molecule has 6 nitrogen and oxygen atoms in total. The Balaban J connectivity index is 2.16. The standard InChI is InChI=1S/C12H18N4O2S2/c1-2-4-16-9-11(6-10(16)7-13)20(17,18)15-8-12-14-3-5-19-12/h3,5-6,9,15H,2,4,7-8,13H2,1H3. The SMILES string of the molecule is CCCn1cc(S(=O)(=O)NCc2nccs2)cc1CN. The van der Waals surface area contributed by atoms with Crippen molar-refractivity contribution in [3.8, 4) is 0 Å². The molecule has 0 aliphatic rings. The summed E-state index contributed by atoms with van der Waals surface area (Å²) < 4.78 is 28.9. The van der Waals surface area contributed by atoms with Crippen LogP contribution in [0.2, 0.25) is 0 Å². The average Bonchev–Trinajstić information content (AvgIpc) is 3.06. The maximum Gasteiger partial charge on any atom is 0.242 e. The summed E-state index contributed by atoms with van der Waals surface area (Å²) in [6, 6.07) is 1.62. The van der Waals surface area contributed by atoms with E-state index in [-0.39, 0.29) is 11.4 Å². The van der Waals surface area contributed by atoms with E-state index in [1.165, 1.54) is 11.3 Å². The van der Waals surface area contributed by atoms with Crippen molar-refractivity contribution in [3.05, 3.63) is 34.5 Å². The van der Waals surface area contributed by atoms with Crippen molar-refractivity contribution < 1.29 is 8.42 Å². The van der Waals surface area contributed by atoms with Crippen LogP contribution in [0.4, 0.5) is 0 Å². The third-order valence-electron chi connectivity index (χ3n) is 2.84. The molecule has 2 aromatic heterocycles. The van der Waals surface area contributed by atoms with E-state index >= 15 is 0 Å². The first kappa shape index (κ1) is 15.2. The van der Waals surface area contributed by atoms with Crippen molar-refractivity contribution >= 4 is 21.4 Å². The largest absolute Gasteiger partial charge is 0.349 e. The highest BCUT2D eigenvalue weighted by Crippen LogP contribution is 2.15. The highest BCUT2D eigenvalue weighted by Gasteiger charge is 2.18. The molecular weight excluding hydrogens is 296 g/mol. The van der Waals surface area contributed by atoms with Crippen LogP contribution in [0, 0.1) is 0 Å². The summed E-state index contributed by atoms with van der Waals surface area (Å²) >= 11 is 1.42. The fraction of sp³-hybridized carbons (Fsp3) is 0.417. The molecule has 0 bridgehead atoms. The molecule has 0 atom stereocenters. The summed E-state index contributed by atoms with van der Waals surface area (Å²) in [5.41, 5.74) is 6.47. The van der Waals surface area contributed by atoms with Gasteiger partial charge in [0, 0.05) is 36.6 Å². The number of hydrogen-bond donors (Lipinski definition) is 2. The van der Waals surface area contributed by atoms with Gasteiger partial charge in [0.25, 0.3) is 0 Å². The minimum atomic E-state index is -3.53. The lowest BCUT2D eigenvalue weighted by molar-refractivity contribution is 0.580. The van der Waals surface area contributed by atoms with Gasteiger partial charge in [0.2, 0.25) is 10.0 Å². The van der Waals surface area contributed by atoms with Crippen LogP contribution in [-0.4, -0.2) is 18.0 Å². The van der Waals surface area contributed by atoms with Crippen molar-refractivity contribution in [3.63, 3.8) is 0 Å². The molecule has 0 radical (unpaired) electrons. The van der Waals surface area contributed by atoms with E-state index in [4.69, 9.17) is 5.73 Å². The lowest BCUT2D eigenvalue weighted by Crippen LogP contribution is -2.22. The van der Waals surface area contributed by atoms with Gasteiger partial charge in [-0.15, -0.1) is 11.3 Å². The summed E-state index contributed by atoms with van der Waals surface area (Å²) in [5.74, 6) is 0. The molecule has 2 rings (SSSR count). The Morgan fingerprint density at radius 2 is 2.30 bits per heavy atom. The lowest BCUT2D eigenvalue weighted by Gasteiger charge is -2.04. The Morgan fingerprint density at radius 1 is 1.50 bits per heavy atom. The van der Waals surface area contributed by atoms with E-state index in [0.29, 0.717) is 6.54 Å². The molecule has 0 amide bonds. The van der Waals surface area contributed by atoms with Gasteiger partial charge in [-0.05, 0) is 12.5 Å². The van der Waals surface area contributed by atoms with Gasteiger partial charge in [-0.25, -0.2) is 18.1 Å². The van der Waals surface area contributed by atoms with Crippen LogP contribution >= 0.6 is 11.3 Å². The normalized spacial score (nSPS) is 11.9. The summed E-state index contributed by atoms with van der Waals surface area (Å²) in [6.45, 7) is 3.32. The Kier molecular flexibility index (Phi) is 4.92. The van der Waals surface area contributed by atoms with Gasteiger partial charge in [-0.3, -0.25) is 0 Å². The topological polar surface area (TPSA) is 90.0 Å². The predicted octanol–water partition coefficient (Wildman–Crippen LogP) is 1.29. The molecule has 0 saturated heterocycles. The van der Waals surface area contributed by atoms with E-state index in [1.807, 2.05) is 16.9 Å². The fourth-order valence-corrected chi connectivity index (χ4v) is 3.57. The van der Waals surface area contributed by atoms with E-state index < -0.39 is 10.0 Å². The molecule has 2 heterocycles. The predicted molar refractivity (Wildman–Crippen MR) is 78.8 cm³/mol. The molecule has 0 fully saturated rings. The monoisotopic (exact) mass is 314 g/mol. The van der Waals surface area contributed by atoms with Crippen LogP contribution in [0.25, 0.3) is 0 Å². The van der Waals surface area contributed by atoms with E-state index in [1.54, 1.807) is 18.5 Å². The second-order valence-electron chi connectivity index (χ2n) is 4.32. The van der Waals surface area contributed by atoms with Crippen LogP contribution < -0.4 is 10.5 Å².